The zero-order chi connectivity index (χ0) is 10.8. The number of alkyl halides is 3. The highest BCUT2D eigenvalue weighted by Crippen LogP contribution is 2.20. The summed E-state index contributed by atoms with van der Waals surface area (Å²) in [6.45, 7) is -1.31. The molecule has 1 heterocycles. The van der Waals surface area contributed by atoms with Gasteiger partial charge in [0, 0.05) is 5.38 Å². The summed E-state index contributed by atoms with van der Waals surface area (Å²) < 4.78 is 35.8. The smallest absolute Gasteiger partial charge is 0.343 e. The second kappa shape index (κ2) is 4.31. The Hall–Kier alpha value is -0.560. The van der Waals surface area contributed by atoms with Crippen LogP contribution in [0.4, 0.5) is 13.2 Å². The summed E-state index contributed by atoms with van der Waals surface area (Å²) in [4.78, 5) is 11.1. The summed E-state index contributed by atoms with van der Waals surface area (Å²) in [7, 11) is 0. The fraction of sp³-hybridized carbons (Fsp3) is 0.286. The number of halogens is 4. The van der Waals surface area contributed by atoms with Crippen LogP contribution in [0.2, 0.25) is 0 Å². The van der Waals surface area contributed by atoms with E-state index >= 15 is 0 Å². The van der Waals surface area contributed by atoms with Gasteiger partial charge in [-0.1, -0.05) is 0 Å². The first-order chi connectivity index (χ1) is 6.38. The second-order valence-corrected chi connectivity index (χ2v) is 4.73. The van der Waals surface area contributed by atoms with Gasteiger partial charge in [0.2, 0.25) is 0 Å². The van der Waals surface area contributed by atoms with Crippen LogP contribution in [0.5, 0.6) is 0 Å². The molecule has 0 fully saturated rings. The van der Waals surface area contributed by atoms with Crippen molar-refractivity contribution < 1.29 is 18.0 Å². The molecule has 0 unspecified atom stereocenters. The standard InChI is InChI=1S/C7H5BrF3NOS/c8-5-1-4(2-14-5)6(13)12-3-7(9,10)11/h1-2H,3H2,(H,12,13). The van der Waals surface area contributed by atoms with Crippen molar-refractivity contribution in [3.8, 4) is 0 Å². The lowest BCUT2D eigenvalue weighted by Crippen LogP contribution is -2.33. The van der Waals surface area contributed by atoms with Crippen molar-refractivity contribution in [1.82, 2.24) is 5.32 Å². The molecule has 78 valence electrons. The van der Waals surface area contributed by atoms with Gasteiger partial charge in [-0.2, -0.15) is 13.2 Å². The molecule has 0 radical (unpaired) electrons. The first-order valence-corrected chi connectivity index (χ1v) is 5.15. The van der Waals surface area contributed by atoms with E-state index in [2.05, 4.69) is 15.9 Å². The Balaban J connectivity index is 2.52. The Morgan fingerprint density at radius 3 is 2.64 bits per heavy atom. The average Bonchev–Trinajstić information content (AvgIpc) is 2.46. The normalized spacial score (nSPS) is 11.4. The van der Waals surface area contributed by atoms with E-state index in [1.807, 2.05) is 0 Å². The summed E-state index contributed by atoms with van der Waals surface area (Å²) in [6, 6.07) is 1.47. The Kier molecular flexibility index (Phi) is 3.54. The predicted molar refractivity (Wildman–Crippen MR) is 50.4 cm³/mol. The molecule has 0 aliphatic carbocycles. The number of carbonyl (C=O) groups excluding carboxylic acids is 1. The maximum Gasteiger partial charge on any atom is 0.405 e. The molecule has 0 spiro atoms. The first-order valence-electron chi connectivity index (χ1n) is 3.47. The number of rotatable bonds is 2. The van der Waals surface area contributed by atoms with Crippen molar-refractivity contribution in [3.63, 3.8) is 0 Å². The number of carbonyl (C=O) groups is 1. The Morgan fingerprint density at radius 1 is 1.57 bits per heavy atom. The lowest BCUT2D eigenvalue weighted by atomic mass is 10.3. The monoisotopic (exact) mass is 287 g/mol. The quantitative estimate of drug-likeness (QED) is 0.890. The first kappa shape index (κ1) is 11.5. The van der Waals surface area contributed by atoms with Gasteiger partial charge in [0.15, 0.2) is 0 Å². The number of hydrogen-bond acceptors (Lipinski definition) is 2. The summed E-state index contributed by atoms with van der Waals surface area (Å²) in [5.41, 5.74) is 0.228. The van der Waals surface area contributed by atoms with Crippen LogP contribution in [0, 0.1) is 0 Å². The Labute approximate surface area is 90.2 Å². The Bertz CT molecular complexity index is 336. The molecule has 14 heavy (non-hydrogen) atoms. The zero-order valence-electron chi connectivity index (χ0n) is 6.69. The maximum atomic E-state index is 11.7. The van der Waals surface area contributed by atoms with Gasteiger partial charge in [-0.05, 0) is 22.0 Å². The van der Waals surface area contributed by atoms with Crippen LogP contribution in [-0.2, 0) is 0 Å². The lowest BCUT2D eigenvalue weighted by Gasteiger charge is -2.06. The van der Waals surface area contributed by atoms with E-state index in [0.29, 0.717) is 3.79 Å². The highest BCUT2D eigenvalue weighted by Gasteiger charge is 2.27. The van der Waals surface area contributed by atoms with Gasteiger partial charge in [0.1, 0.15) is 6.54 Å². The molecule has 0 saturated heterocycles. The van der Waals surface area contributed by atoms with Crippen LogP contribution in [0.3, 0.4) is 0 Å². The van der Waals surface area contributed by atoms with Crippen molar-refractivity contribution in [2.24, 2.45) is 0 Å². The number of nitrogens with one attached hydrogen (secondary N) is 1. The molecule has 1 aromatic rings. The van der Waals surface area contributed by atoms with Crippen molar-refractivity contribution in [3.05, 3.63) is 20.8 Å². The van der Waals surface area contributed by atoms with Crippen molar-refractivity contribution in [2.45, 2.75) is 6.18 Å². The average molecular weight is 288 g/mol. The third kappa shape index (κ3) is 3.67. The Morgan fingerprint density at radius 2 is 2.21 bits per heavy atom. The van der Waals surface area contributed by atoms with Gasteiger partial charge in [-0.25, -0.2) is 0 Å². The highest BCUT2D eigenvalue weighted by atomic mass is 79.9. The van der Waals surface area contributed by atoms with Crippen molar-refractivity contribution >= 4 is 33.2 Å². The lowest BCUT2D eigenvalue weighted by molar-refractivity contribution is -0.123. The van der Waals surface area contributed by atoms with Gasteiger partial charge in [-0.3, -0.25) is 4.79 Å². The van der Waals surface area contributed by atoms with Gasteiger partial charge in [0.25, 0.3) is 5.91 Å². The van der Waals surface area contributed by atoms with E-state index in [4.69, 9.17) is 0 Å². The van der Waals surface area contributed by atoms with Gasteiger partial charge >= 0.3 is 6.18 Å². The molecular formula is C7H5BrF3NOS. The minimum Gasteiger partial charge on any atom is -0.343 e. The fourth-order valence-corrected chi connectivity index (χ4v) is 1.85. The molecule has 2 nitrogen and oxygen atoms in total. The predicted octanol–water partition coefficient (Wildman–Crippen LogP) is 2.80. The summed E-state index contributed by atoms with van der Waals surface area (Å²) in [5.74, 6) is -0.718. The summed E-state index contributed by atoms with van der Waals surface area (Å²) >= 11 is 4.35. The minimum atomic E-state index is -4.37. The van der Waals surface area contributed by atoms with Crippen LogP contribution in [0.15, 0.2) is 15.2 Å². The van der Waals surface area contributed by atoms with Gasteiger partial charge < -0.3 is 5.32 Å². The van der Waals surface area contributed by atoms with Crippen LogP contribution < -0.4 is 5.32 Å². The molecule has 1 amide bonds. The van der Waals surface area contributed by atoms with Crippen molar-refractivity contribution in [2.75, 3.05) is 6.54 Å². The van der Waals surface area contributed by atoms with Crippen LogP contribution in [0.1, 0.15) is 10.4 Å². The van der Waals surface area contributed by atoms with E-state index in [-0.39, 0.29) is 5.56 Å². The maximum absolute atomic E-state index is 11.7. The molecule has 0 aliphatic rings. The number of amides is 1. The summed E-state index contributed by atoms with van der Waals surface area (Å²) in [5, 5.41) is 3.26. The van der Waals surface area contributed by atoms with E-state index in [1.54, 1.807) is 5.32 Å². The molecule has 0 aliphatic heterocycles. The molecule has 0 bridgehead atoms. The molecule has 1 rings (SSSR count). The van der Waals surface area contributed by atoms with Crippen LogP contribution in [-0.4, -0.2) is 18.6 Å². The van der Waals surface area contributed by atoms with Crippen molar-refractivity contribution in [1.29, 1.82) is 0 Å². The fourth-order valence-electron chi connectivity index (χ4n) is 0.712. The zero-order valence-corrected chi connectivity index (χ0v) is 9.09. The molecule has 0 aromatic carbocycles. The second-order valence-electron chi connectivity index (χ2n) is 2.44. The third-order valence-electron chi connectivity index (χ3n) is 1.28. The number of thiophene rings is 1. The minimum absolute atomic E-state index is 0.228. The largest absolute Gasteiger partial charge is 0.405 e. The molecule has 1 N–H and O–H groups in total. The third-order valence-corrected chi connectivity index (χ3v) is 2.78. The van der Waals surface area contributed by atoms with Crippen LogP contribution in [0.25, 0.3) is 0 Å². The topological polar surface area (TPSA) is 29.1 Å². The molecule has 7 heteroatoms. The van der Waals surface area contributed by atoms with E-state index in [1.165, 1.54) is 22.8 Å². The van der Waals surface area contributed by atoms with Gasteiger partial charge in [-0.15, -0.1) is 11.3 Å². The summed E-state index contributed by atoms with van der Waals surface area (Å²) in [6.07, 6.45) is -4.37. The van der Waals surface area contributed by atoms with Crippen LogP contribution >= 0.6 is 27.3 Å². The van der Waals surface area contributed by atoms with E-state index < -0.39 is 18.6 Å². The highest BCUT2D eigenvalue weighted by molar-refractivity contribution is 9.11. The molecule has 0 atom stereocenters. The number of hydrogen-bond donors (Lipinski definition) is 1. The SMILES string of the molecule is O=C(NCC(F)(F)F)c1csc(Br)c1. The van der Waals surface area contributed by atoms with Gasteiger partial charge in [0.05, 0.1) is 9.35 Å². The molecule has 0 saturated carbocycles. The molecular weight excluding hydrogens is 283 g/mol. The molecule has 1 aromatic heterocycles. The van der Waals surface area contributed by atoms with E-state index in [0.717, 1.165) is 0 Å². The van der Waals surface area contributed by atoms with E-state index in [9.17, 15) is 18.0 Å².